The van der Waals surface area contributed by atoms with Crippen LogP contribution in [0.1, 0.15) is 23.3 Å². The molecule has 23 heavy (non-hydrogen) atoms. The summed E-state index contributed by atoms with van der Waals surface area (Å²) >= 11 is 0. The van der Waals surface area contributed by atoms with E-state index >= 15 is 0 Å². The molecular formula is C17H20N4O2. The molecule has 0 bridgehead atoms. The van der Waals surface area contributed by atoms with Crippen molar-refractivity contribution in [2.45, 2.75) is 18.9 Å². The van der Waals surface area contributed by atoms with Crippen LogP contribution in [0, 0.1) is 0 Å². The zero-order chi connectivity index (χ0) is 16.2. The third-order valence-corrected chi connectivity index (χ3v) is 4.10. The quantitative estimate of drug-likeness (QED) is 0.916. The van der Waals surface area contributed by atoms with E-state index in [1.807, 2.05) is 30.1 Å². The van der Waals surface area contributed by atoms with Gasteiger partial charge in [-0.25, -0.2) is 0 Å². The average Bonchev–Trinajstić information content (AvgIpc) is 3.04. The van der Waals surface area contributed by atoms with Crippen molar-refractivity contribution in [1.29, 1.82) is 0 Å². The molecule has 0 aliphatic carbocycles. The van der Waals surface area contributed by atoms with Crippen molar-refractivity contribution < 1.29 is 4.79 Å². The first-order valence-electron chi connectivity index (χ1n) is 7.82. The number of hydrogen-bond acceptors (Lipinski definition) is 4. The van der Waals surface area contributed by atoms with E-state index < -0.39 is 0 Å². The molecule has 0 saturated carbocycles. The first-order chi connectivity index (χ1) is 11.2. The second-order valence-corrected chi connectivity index (χ2v) is 5.66. The van der Waals surface area contributed by atoms with Gasteiger partial charge in [0.25, 0.3) is 11.5 Å². The molecule has 0 spiro atoms. The van der Waals surface area contributed by atoms with Crippen molar-refractivity contribution in [2.75, 3.05) is 20.1 Å². The lowest BCUT2D eigenvalue weighted by atomic mass is 10.2. The lowest BCUT2D eigenvalue weighted by Gasteiger charge is -2.24. The molecule has 2 aromatic rings. The van der Waals surface area contributed by atoms with Gasteiger partial charge in [-0.2, -0.15) is 9.78 Å². The molecule has 120 valence electrons. The molecule has 3 rings (SSSR count). The Labute approximate surface area is 134 Å². The summed E-state index contributed by atoms with van der Waals surface area (Å²) in [6.45, 7) is 1.50. The number of aromatic nitrogens is 2. The second-order valence-electron chi connectivity index (χ2n) is 5.66. The molecule has 0 radical (unpaired) electrons. The summed E-state index contributed by atoms with van der Waals surface area (Å²) in [7, 11) is 1.88. The first kappa shape index (κ1) is 15.4. The summed E-state index contributed by atoms with van der Waals surface area (Å²) < 4.78 is 1.27. The van der Waals surface area contributed by atoms with Gasteiger partial charge in [0.05, 0.1) is 5.69 Å². The maximum Gasteiger partial charge on any atom is 0.274 e. The summed E-state index contributed by atoms with van der Waals surface area (Å²) in [5, 5.41) is 7.40. The highest BCUT2D eigenvalue weighted by Crippen LogP contribution is 2.18. The van der Waals surface area contributed by atoms with Gasteiger partial charge in [-0.1, -0.05) is 18.2 Å². The van der Waals surface area contributed by atoms with Crippen LogP contribution < -0.4 is 10.9 Å². The van der Waals surface area contributed by atoms with E-state index in [1.165, 1.54) is 16.8 Å². The zero-order valence-corrected chi connectivity index (χ0v) is 13.1. The van der Waals surface area contributed by atoms with Gasteiger partial charge in [0.15, 0.2) is 0 Å². The van der Waals surface area contributed by atoms with Gasteiger partial charge in [-0.3, -0.25) is 9.59 Å². The minimum atomic E-state index is -0.249. The van der Waals surface area contributed by atoms with E-state index in [2.05, 4.69) is 10.4 Å². The molecule has 1 amide bonds. The molecule has 1 atom stereocenters. The summed E-state index contributed by atoms with van der Waals surface area (Å²) in [5.41, 5.74) is 0.706. The maximum atomic E-state index is 12.7. The average molecular weight is 312 g/mol. The van der Waals surface area contributed by atoms with Crippen molar-refractivity contribution in [1.82, 2.24) is 20.0 Å². The molecule has 1 unspecified atom stereocenters. The van der Waals surface area contributed by atoms with Gasteiger partial charge in [-0.05, 0) is 38.1 Å². The normalized spacial score (nSPS) is 17.4. The number of para-hydroxylation sites is 1. The summed E-state index contributed by atoms with van der Waals surface area (Å²) in [6.07, 6.45) is 1.99. The standard InChI is InChI=1S/C17H20N4O2/c1-18-12-14-8-5-11-20(14)17(23)15-9-10-16(22)21(19-15)13-6-3-2-4-7-13/h2-4,6-7,9-10,14,18H,5,8,11-12H2,1H3. The number of hydrogen-bond donors (Lipinski definition) is 1. The smallest absolute Gasteiger partial charge is 0.274 e. The fourth-order valence-electron chi connectivity index (χ4n) is 2.98. The maximum absolute atomic E-state index is 12.7. The molecule has 1 aromatic carbocycles. The number of carbonyl (C=O) groups is 1. The van der Waals surface area contributed by atoms with Crippen molar-refractivity contribution in [3.8, 4) is 5.69 Å². The van der Waals surface area contributed by atoms with Gasteiger partial charge in [0.1, 0.15) is 5.69 Å². The molecule has 1 N–H and O–H groups in total. The zero-order valence-electron chi connectivity index (χ0n) is 13.1. The van der Waals surface area contributed by atoms with E-state index in [0.717, 1.165) is 25.9 Å². The third-order valence-electron chi connectivity index (χ3n) is 4.10. The van der Waals surface area contributed by atoms with Crippen LogP contribution in [0.5, 0.6) is 0 Å². The monoisotopic (exact) mass is 312 g/mol. The first-order valence-corrected chi connectivity index (χ1v) is 7.82. The van der Waals surface area contributed by atoms with E-state index in [1.54, 1.807) is 12.1 Å². The molecule has 1 fully saturated rings. The van der Waals surface area contributed by atoms with E-state index in [9.17, 15) is 9.59 Å². The topological polar surface area (TPSA) is 67.2 Å². The van der Waals surface area contributed by atoms with Crippen LogP contribution in [-0.4, -0.2) is 46.8 Å². The van der Waals surface area contributed by atoms with Crippen LogP contribution in [0.15, 0.2) is 47.3 Å². The Bertz CT molecular complexity index is 742. The van der Waals surface area contributed by atoms with Gasteiger partial charge in [0, 0.05) is 25.2 Å². The van der Waals surface area contributed by atoms with Crippen LogP contribution in [0.2, 0.25) is 0 Å². The van der Waals surface area contributed by atoms with Gasteiger partial charge in [-0.15, -0.1) is 0 Å². The Morgan fingerprint density at radius 3 is 2.78 bits per heavy atom. The van der Waals surface area contributed by atoms with E-state index in [-0.39, 0.29) is 17.5 Å². The van der Waals surface area contributed by atoms with E-state index in [4.69, 9.17) is 0 Å². The lowest BCUT2D eigenvalue weighted by molar-refractivity contribution is 0.0729. The molecule has 1 aliphatic rings. The van der Waals surface area contributed by atoms with E-state index in [0.29, 0.717) is 11.4 Å². The Morgan fingerprint density at radius 1 is 1.26 bits per heavy atom. The summed E-state index contributed by atoms with van der Waals surface area (Å²) in [6, 6.07) is 12.2. The largest absolute Gasteiger partial charge is 0.333 e. The molecule has 6 heteroatoms. The SMILES string of the molecule is CNCC1CCCN1C(=O)c1ccc(=O)n(-c2ccccc2)n1. The highest BCUT2D eigenvalue weighted by molar-refractivity contribution is 5.92. The van der Waals surface area contributed by atoms with Gasteiger partial charge < -0.3 is 10.2 Å². The molecule has 6 nitrogen and oxygen atoms in total. The van der Waals surface area contributed by atoms with Crippen LogP contribution in [0.25, 0.3) is 5.69 Å². The minimum Gasteiger partial charge on any atom is -0.333 e. The number of amides is 1. The van der Waals surface area contributed by atoms with Crippen LogP contribution in [0.3, 0.4) is 0 Å². The van der Waals surface area contributed by atoms with Crippen molar-refractivity contribution >= 4 is 5.91 Å². The van der Waals surface area contributed by atoms with Crippen molar-refractivity contribution in [3.05, 3.63) is 58.5 Å². The van der Waals surface area contributed by atoms with Crippen LogP contribution in [-0.2, 0) is 0 Å². The number of benzene rings is 1. The van der Waals surface area contributed by atoms with Crippen molar-refractivity contribution in [3.63, 3.8) is 0 Å². The fourth-order valence-corrected chi connectivity index (χ4v) is 2.98. The summed E-state index contributed by atoms with van der Waals surface area (Å²) in [4.78, 5) is 26.6. The number of nitrogens with zero attached hydrogens (tertiary/aromatic N) is 3. The number of likely N-dealkylation sites (tertiary alicyclic amines) is 1. The number of nitrogens with one attached hydrogen (secondary N) is 1. The number of likely N-dealkylation sites (N-methyl/N-ethyl adjacent to an activating group) is 1. The Kier molecular flexibility index (Phi) is 4.52. The fraction of sp³-hybridized carbons (Fsp3) is 0.353. The number of carbonyl (C=O) groups excluding carboxylic acids is 1. The minimum absolute atomic E-state index is 0.118. The second kappa shape index (κ2) is 6.75. The third kappa shape index (κ3) is 3.17. The van der Waals surface area contributed by atoms with Gasteiger partial charge >= 0.3 is 0 Å². The van der Waals surface area contributed by atoms with Crippen molar-refractivity contribution in [2.24, 2.45) is 0 Å². The van der Waals surface area contributed by atoms with Gasteiger partial charge in [0.2, 0.25) is 0 Å². The molecule has 1 aromatic heterocycles. The predicted molar refractivity (Wildman–Crippen MR) is 87.8 cm³/mol. The highest BCUT2D eigenvalue weighted by atomic mass is 16.2. The Balaban J connectivity index is 1.92. The molecular weight excluding hydrogens is 292 g/mol. The highest BCUT2D eigenvalue weighted by Gasteiger charge is 2.29. The predicted octanol–water partition coefficient (Wildman–Crippen LogP) is 1.06. The van der Waals surface area contributed by atoms with Crippen LogP contribution in [0.4, 0.5) is 0 Å². The van der Waals surface area contributed by atoms with Crippen LogP contribution >= 0.6 is 0 Å². The molecule has 2 heterocycles. The lowest BCUT2D eigenvalue weighted by Crippen LogP contribution is -2.41. The number of rotatable bonds is 4. The Morgan fingerprint density at radius 2 is 2.04 bits per heavy atom. The molecule has 1 saturated heterocycles. The Hall–Kier alpha value is -2.47. The molecule has 1 aliphatic heterocycles. The summed E-state index contributed by atoms with van der Waals surface area (Å²) in [5.74, 6) is -0.118.